The van der Waals surface area contributed by atoms with Crippen LogP contribution in [0, 0.1) is 0 Å². The van der Waals surface area contributed by atoms with Crippen molar-refractivity contribution in [3.05, 3.63) is 65.4 Å². The van der Waals surface area contributed by atoms with Gasteiger partial charge in [-0.15, -0.1) is 0 Å². The van der Waals surface area contributed by atoms with Crippen molar-refractivity contribution in [3.8, 4) is 5.75 Å². The van der Waals surface area contributed by atoms with Crippen LogP contribution >= 0.6 is 66.8 Å². The Balaban J connectivity index is 1.91. The number of ether oxygens (including phenoxy) is 1. The van der Waals surface area contributed by atoms with Crippen LogP contribution in [0.1, 0.15) is 11.1 Å². The summed E-state index contributed by atoms with van der Waals surface area (Å²) in [4.78, 5) is 16.0. The highest BCUT2D eigenvalue weighted by molar-refractivity contribution is 9.11. The number of amides is 1. The van der Waals surface area contributed by atoms with Gasteiger partial charge in [0.25, 0.3) is 5.91 Å². The van der Waals surface area contributed by atoms with Crippen LogP contribution in [0.2, 0.25) is 10.0 Å². The van der Waals surface area contributed by atoms with E-state index in [1.165, 1.54) is 0 Å². The van der Waals surface area contributed by atoms with Gasteiger partial charge in [0.15, 0.2) is 5.17 Å². The van der Waals surface area contributed by atoms with Crippen LogP contribution in [0.25, 0.3) is 6.08 Å². The number of carbonyl (C=O) groups is 1. The van der Waals surface area contributed by atoms with E-state index >= 15 is 0 Å². The average molecular weight is 537 g/mol. The molecule has 0 aliphatic carbocycles. The molecule has 2 aromatic rings. The summed E-state index contributed by atoms with van der Waals surface area (Å²) in [7, 11) is 0. The van der Waals surface area contributed by atoms with E-state index < -0.39 is 0 Å². The Kier molecular flexibility index (Phi) is 6.35. The van der Waals surface area contributed by atoms with Gasteiger partial charge in [0.2, 0.25) is 0 Å². The summed E-state index contributed by atoms with van der Waals surface area (Å²) in [5, 5.41) is 1.31. The number of nitrogens with zero attached hydrogens (tertiary/aromatic N) is 1. The molecule has 26 heavy (non-hydrogen) atoms. The summed E-state index contributed by atoms with van der Waals surface area (Å²) in [6.07, 6.45) is 1.70. The maximum atomic E-state index is 11.9. The fourth-order valence-corrected chi connectivity index (χ4v) is 4.70. The molecule has 1 aliphatic heterocycles. The molecule has 0 bridgehead atoms. The lowest BCUT2D eigenvalue weighted by Crippen LogP contribution is -2.01. The Morgan fingerprint density at radius 3 is 2.65 bits per heavy atom. The zero-order chi connectivity index (χ0) is 18.8. The lowest BCUT2D eigenvalue weighted by Gasteiger charge is -2.13. The van der Waals surface area contributed by atoms with Gasteiger partial charge >= 0.3 is 0 Å². The van der Waals surface area contributed by atoms with Gasteiger partial charge in [-0.25, -0.2) is 0 Å². The highest BCUT2D eigenvalue weighted by Crippen LogP contribution is 2.37. The molecule has 0 saturated carbocycles. The van der Waals surface area contributed by atoms with Crippen molar-refractivity contribution in [2.24, 2.45) is 10.7 Å². The zero-order valence-corrected chi connectivity index (χ0v) is 18.4. The maximum Gasteiger partial charge on any atom is 0.286 e. The van der Waals surface area contributed by atoms with Crippen molar-refractivity contribution >= 4 is 84.0 Å². The number of carbonyl (C=O) groups excluding carboxylic acids is 1. The molecule has 0 spiro atoms. The minimum absolute atomic E-state index is 0.228. The minimum Gasteiger partial charge on any atom is -0.487 e. The summed E-state index contributed by atoms with van der Waals surface area (Å²) < 4.78 is 7.53. The number of benzene rings is 2. The first-order chi connectivity index (χ1) is 12.3. The number of aliphatic imine (C=N–C) groups is 1. The van der Waals surface area contributed by atoms with Crippen LogP contribution in [0.4, 0.5) is 0 Å². The SMILES string of the molecule is NC1=NC(=O)/C(=C/c2cc(Br)cc(Br)c2OCc2ccc(Cl)cc2Cl)S1. The Hall–Kier alpha value is -0.990. The summed E-state index contributed by atoms with van der Waals surface area (Å²) in [5.41, 5.74) is 7.11. The second-order valence-corrected chi connectivity index (χ2v) is 8.87. The van der Waals surface area contributed by atoms with E-state index in [4.69, 9.17) is 33.7 Å². The van der Waals surface area contributed by atoms with Gasteiger partial charge in [-0.3, -0.25) is 4.79 Å². The fourth-order valence-electron chi connectivity index (χ4n) is 2.20. The van der Waals surface area contributed by atoms with Crippen molar-refractivity contribution in [1.82, 2.24) is 0 Å². The van der Waals surface area contributed by atoms with E-state index in [1.54, 1.807) is 24.3 Å². The topological polar surface area (TPSA) is 64.7 Å². The van der Waals surface area contributed by atoms with Crippen LogP contribution in [-0.4, -0.2) is 11.1 Å². The molecule has 0 atom stereocenters. The van der Waals surface area contributed by atoms with Crippen LogP contribution in [-0.2, 0) is 11.4 Å². The molecule has 9 heteroatoms. The first-order valence-electron chi connectivity index (χ1n) is 7.17. The van der Waals surface area contributed by atoms with E-state index in [0.29, 0.717) is 26.3 Å². The molecule has 3 rings (SSSR count). The minimum atomic E-state index is -0.365. The van der Waals surface area contributed by atoms with Crippen LogP contribution in [0.5, 0.6) is 5.75 Å². The largest absolute Gasteiger partial charge is 0.487 e. The first-order valence-corrected chi connectivity index (χ1v) is 10.3. The van der Waals surface area contributed by atoms with Crippen molar-refractivity contribution in [2.45, 2.75) is 6.61 Å². The maximum absolute atomic E-state index is 11.9. The van der Waals surface area contributed by atoms with Crippen molar-refractivity contribution in [3.63, 3.8) is 0 Å². The van der Waals surface area contributed by atoms with Gasteiger partial charge in [0.05, 0.1) is 9.38 Å². The van der Waals surface area contributed by atoms with Crippen molar-refractivity contribution in [2.75, 3.05) is 0 Å². The highest BCUT2D eigenvalue weighted by Gasteiger charge is 2.21. The smallest absolute Gasteiger partial charge is 0.286 e. The van der Waals surface area contributed by atoms with E-state index in [0.717, 1.165) is 26.3 Å². The molecule has 2 N–H and O–H groups in total. The third-order valence-electron chi connectivity index (χ3n) is 3.35. The Labute approximate surface area is 181 Å². The van der Waals surface area contributed by atoms with Gasteiger partial charge in [0, 0.05) is 25.6 Å². The van der Waals surface area contributed by atoms with E-state index in [1.807, 2.05) is 12.1 Å². The lowest BCUT2D eigenvalue weighted by molar-refractivity contribution is -0.113. The molecular formula is C17H10Br2Cl2N2O2S. The molecule has 0 fully saturated rings. The van der Waals surface area contributed by atoms with E-state index in [-0.39, 0.29) is 17.7 Å². The third kappa shape index (κ3) is 4.64. The third-order valence-corrected chi connectivity index (χ3v) is 5.79. The molecule has 0 radical (unpaired) electrons. The molecule has 0 unspecified atom stereocenters. The van der Waals surface area contributed by atoms with E-state index in [9.17, 15) is 4.79 Å². The lowest BCUT2D eigenvalue weighted by atomic mass is 10.1. The number of nitrogens with two attached hydrogens (primary N) is 1. The molecule has 0 aromatic heterocycles. The second-order valence-electron chi connectivity index (χ2n) is 5.20. The number of rotatable bonds is 4. The fraction of sp³-hybridized carbons (Fsp3) is 0.0588. The van der Waals surface area contributed by atoms with Crippen LogP contribution in [0.15, 0.2) is 49.2 Å². The normalized spacial score (nSPS) is 15.5. The van der Waals surface area contributed by atoms with Crippen molar-refractivity contribution < 1.29 is 9.53 Å². The van der Waals surface area contributed by atoms with Gasteiger partial charge in [-0.05, 0) is 58.0 Å². The van der Waals surface area contributed by atoms with Gasteiger partial charge < -0.3 is 10.5 Å². The predicted molar refractivity (Wildman–Crippen MR) is 115 cm³/mol. The monoisotopic (exact) mass is 534 g/mol. The van der Waals surface area contributed by atoms with Crippen LogP contribution in [0.3, 0.4) is 0 Å². The summed E-state index contributed by atoms with van der Waals surface area (Å²) in [6, 6.07) is 8.92. The average Bonchev–Trinajstić information content (AvgIpc) is 2.85. The van der Waals surface area contributed by atoms with Crippen molar-refractivity contribution in [1.29, 1.82) is 0 Å². The zero-order valence-electron chi connectivity index (χ0n) is 12.9. The molecular weight excluding hydrogens is 527 g/mol. The molecule has 1 aliphatic rings. The summed E-state index contributed by atoms with van der Waals surface area (Å²) in [5.74, 6) is 0.209. The molecule has 0 saturated heterocycles. The number of hydrogen-bond donors (Lipinski definition) is 1. The number of hydrogen-bond acceptors (Lipinski definition) is 4. The van der Waals surface area contributed by atoms with Gasteiger partial charge in [0.1, 0.15) is 12.4 Å². The Bertz CT molecular complexity index is 964. The standard InChI is InChI=1S/C17H10Br2Cl2N2O2S/c18-10-3-9(4-14-16(24)23-17(22)26-14)15(12(19)5-10)25-7-8-1-2-11(20)6-13(8)21/h1-6H,7H2,(H2,22,23,24)/b14-4-. The second kappa shape index (κ2) is 8.35. The molecule has 134 valence electrons. The van der Waals surface area contributed by atoms with Crippen LogP contribution < -0.4 is 10.5 Å². The quantitative estimate of drug-likeness (QED) is 0.485. The number of thioether (sulfide) groups is 1. The number of halogens is 4. The molecule has 2 aromatic carbocycles. The predicted octanol–water partition coefficient (Wildman–Crippen LogP) is 6.03. The van der Waals surface area contributed by atoms with Gasteiger partial charge in [-0.2, -0.15) is 4.99 Å². The summed E-state index contributed by atoms with van der Waals surface area (Å²) >= 11 is 20.2. The summed E-state index contributed by atoms with van der Waals surface area (Å²) in [6.45, 7) is 0.242. The van der Waals surface area contributed by atoms with E-state index in [2.05, 4.69) is 36.9 Å². The Morgan fingerprint density at radius 2 is 2.00 bits per heavy atom. The number of amidine groups is 1. The highest BCUT2D eigenvalue weighted by atomic mass is 79.9. The molecule has 4 nitrogen and oxygen atoms in total. The van der Waals surface area contributed by atoms with Gasteiger partial charge in [-0.1, -0.05) is 45.2 Å². The molecule has 1 amide bonds. The first kappa shape index (κ1) is 19.8. The Morgan fingerprint density at radius 1 is 1.23 bits per heavy atom. The molecule has 1 heterocycles.